The van der Waals surface area contributed by atoms with Crippen molar-refractivity contribution in [3.63, 3.8) is 0 Å². The van der Waals surface area contributed by atoms with Crippen molar-refractivity contribution in [2.45, 2.75) is 77.7 Å². The fourth-order valence-electron chi connectivity index (χ4n) is 8.14. The molecular formula is C39H38BF6NO5. The van der Waals surface area contributed by atoms with E-state index in [1.165, 1.54) is 0 Å². The molecule has 2 heterocycles. The summed E-state index contributed by atoms with van der Waals surface area (Å²) in [5.74, 6) is -4.36. The first-order valence-corrected chi connectivity index (χ1v) is 17.3. The summed E-state index contributed by atoms with van der Waals surface area (Å²) in [6.45, 7) is 5.57. The summed E-state index contributed by atoms with van der Waals surface area (Å²) in [7, 11) is -1.32. The first kappa shape index (κ1) is 37.4. The molecule has 0 spiro atoms. The lowest BCUT2D eigenvalue weighted by molar-refractivity contribution is -0.143. The highest BCUT2D eigenvalue weighted by molar-refractivity contribution is 6.43. The number of rotatable bonds is 8. The minimum atomic E-state index is -5.16. The van der Waals surface area contributed by atoms with Gasteiger partial charge >= 0.3 is 19.5 Å². The van der Waals surface area contributed by atoms with E-state index in [0.717, 1.165) is 39.0 Å². The van der Waals surface area contributed by atoms with Gasteiger partial charge in [0.15, 0.2) is 0 Å². The van der Waals surface area contributed by atoms with Crippen LogP contribution < -0.4 is 4.90 Å². The standard InChI is InChI=1S/C39H38BF6NO5/c1-4-8-26-16-30-34(37(50)47(36(30)49)29-18-27(38(41,42)43)17-28(19-29)39(44,45)46)31-20-40(51)52-32(33(26)31)12-11-25(24-9-6-5-7-10-24)15-23-13-21(2)35(48)22(3)14-23/h5-7,9-10,13-15,17-19,30-32,34,48,51H,4,8,11-12,16,20H2,1-3H3/b25-15-/t30-,31+,32-,34-/m1/s1. The summed E-state index contributed by atoms with van der Waals surface area (Å²) in [6, 6.07) is 14.2. The average molecular weight is 726 g/mol. The number of fused-ring (bicyclic) bond motifs is 3. The fraction of sp³-hybridized carbons (Fsp3) is 0.385. The zero-order chi connectivity index (χ0) is 37.7. The number of aryl methyl sites for hydroxylation is 2. The quantitative estimate of drug-likeness (QED) is 0.0796. The molecule has 52 heavy (non-hydrogen) atoms. The number of phenolic OH excluding ortho intramolecular Hbond substituents is 1. The van der Waals surface area contributed by atoms with E-state index in [1.54, 1.807) is 0 Å². The summed E-state index contributed by atoms with van der Waals surface area (Å²) in [5.41, 5.74) is 1.78. The fourth-order valence-corrected chi connectivity index (χ4v) is 8.14. The lowest BCUT2D eigenvalue weighted by atomic mass is 9.58. The normalized spacial score (nSPS) is 22.6. The van der Waals surface area contributed by atoms with Gasteiger partial charge in [0.2, 0.25) is 11.8 Å². The SMILES string of the molecule is CCCC1=C2[C@@H](CC/C(=C/c3cc(C)c(O)c(C)c3)c3ccccc3)OB(O)C[C@@H]2[C@@H]2C(=O)N(c3cc(C(F)(F)F)cc(C(F)(F)F)c3)C(=O)[C@@H]2C1. The van der Waals surface area contributed by atoms with Gasteiger partial charge in [-0.2, -0.15) is 26.3 Å². The predicted molar refractivity (Wildman–Crippen MR) is 185 cm³/mol. The van der Waals surface area contributed by atoms with Crippen molar-refractivity contribution in [3.05, 3.63) is 105 Å². The summed E-state index contributed by atoms with van der Waals surface area (Å²) in [6.07, 6.45) is -6.91. The maximum absolute atomic E-state index is 14.1. The first-order chi connectivity index (χ1) is 24.5. The van der Waals surface area contributed by atoms with Crippen LogP contribution in [0.1, 0.15) is 72.4 Å². The average Bonchev–Trinajstić information content (AvgIpc) is 3.33. The van der Waals surface area contributed by atoms with Gasteiger partial charge < -0.3 is 14.8 Å². The third-order valence-corrected chi connectivity index (χ3v) is 10.4. The molecular weight excluding hydrogens is 687 g/mol. The van der Waals surface area contributed by atoms with Crippen LogP contribution in [0.3, 0.4) is 0 Å². The number of aromatic hydroxyl groups is 1. The summed E-state index contributed by atoms with van der Waals surface area (Å²) in [5, 5.41) is 21.3. The Bertz CT molecular complexity index is 1880. The molecule has 6 rings (SSSR count). The smallest absolute Gasteiger partial charge is 0.455 e. The molecule has 4 atom stereocenters. The number of nitrogens with zero attached hydrogens (tertiary/aromatic N) is 1. The van der Waals surface area contributed by atoms with Gasteiger partial charge in [-0.25, -0.2) is 4.90 Å². The largest absolute Gasteiger partial charge is 0.507 e. The van der Waals surface area contributed by atoms with Crippen molar-refractivity contribution in [2.24, 2.45) is 17.8 Å². The number of carbonyl (C=O) groups excluding carboxylic acids is 2. The summed E-state index contributed by atoms with van der Waals surface area (Å²) < 4.78 is 88.6. The van der Waals surface area contributed by atoms with Crippen LogP contribution in [0.4, 0.5) is 32.0 Å². The minimum Gasteiger partial charge on any atom is -0.507 e. The molecule has 2 aliphatic heterocycles. The van der Waals surface area contributed by atoms with E-state index in [2.05, 4.69) is 0 Å². The second-order valence-electron chi connectivity index (χ2n) is 13.9. The van der Waals surface area contributed by atoms with Crippen LogP contribution in [0.2, 0.25) is 6.32 Å². The Balaban J connectivity index is 1.36. The second-order valence-corrected chi connectivity index (χ2v) is 13.9. The molecule has 2 N–H and O–H groups in total. The van der Waals surface area contributed by atoms with Crippen LogP contribution in [0, 0.1) is 31.6 Å². The Kier molecular flexibility index (Phi) is 10.2. The van der Waals surface area contributed by atoms with Crippen LogP contribution >= 0.6 is 0 Å². The number of imide groups is 1. The van der Waals surface area contributed by atoms with Crippen LogP contribution in [-0.4, -0.2) is 35.2 Å². The van der Waals surface area contributed by atoms with E-state index in [9.17, 15) is 46.1 Å². The molecule has 0 bridgehead atoms. The van der Waals surface area contributed by atoms with Gasteiger partial charge in [0.25, 0.3) is 0 Å². The Morgan fingerprint density at radius 1 is 0.923 bits per heavy atom. The highest BCUT2D eigenvalue weighted by atomic mass is 19.4. The van der Waals surface area contributed by atoms with Gasteiger partial charge in [0, 0.05) is 0 Å². The molecule has 2 saturated heterocycles. The predicted octanol–water partition coefficient (Wildman–Crippen LogP) is 9.17. The number of phenols is 1. The number of amides is 2. The summed E-state index contributed by atoms with van der Waals surface area (Å²) in [4.78, 5) is 28.5. The van der Waals surface area contributed by atoms with Crippen LogP contribution in [0.5, 0.6) is 5.75 Å². The van der Waals surface area contributed by atoms with Crippen molar-refractivity contribution in [1.29, 1.82) is 0 Å². The molecule has 0 saturated carbocycles. The third-order valence-electron chi connectivity index (χ3n) is 10.4. The number of allylic oxidation sites excluding steroid dienone is 2. The number of halogens is 6. The number of benzene rings is 3. The molecule has 3 aromatic carbocycles. The molecule has 3 aromatic rings. The van der Waals surface area contributed by atoms with E-state index >= 15 is 0 Å². The molecule has 0 aromatic heterocycles. The van der Waals surface area contributed by atoms with Crippen molar-refractivity contribution < 1.29 is 50.7 Å². The summed E-state index contributed by atoms with van der Waals surface area (Å²) >= 11 is 0. The monoisotopic (exact) mass is 725 g/mol. The van der Waals surface area contributed by atoms with E-state index in [4.69, 9.17) is 4.65 Å². The molecule has 0 unspecified atom stereocenters. The van der Waals surface area contributed by atoms with Gasteiger partial charge in [0.1, 0.15) is 5.75 Å². The van der Waals surface area contributed by atoms with Gasteiger partial charge in [-0.1, -0.05) is 55.3 Å². The Morgan fingerprint density at radius 3 is 2.12 bits per heavy atom. The van der Waals surface area contributed by atoms with Crippen molar-refractivity contribution in [3.8, 4) is 5.75 Å². The maximum Gasteiger partial charge on any atom is 0.455 e. The molecule has 2 amide bonds. The van der Waals surface area contributed by atoms with Crippen molar-refractivity contribution >= 4 is 36.3 Å². The molecule has 13 heteroatoms. The van der Waals surface area contributed by atoms with Gasteiger partial charge in [-0.3, -0.25) is 9.59 Å². The third kappa shape index (κ3) is 7.30. The van der Waals surface area contributed by atoms with Gasteiger partial charge in [-0.15, -0.1) is 0 Å². The minimum absolute atomic E-state index is 0.0395. The lowest BCUT2D eigenvalue weighted by Gasteiger charge is -2.43. The molecule has 3 aliphatic rings. The van der Waals surface area contributed by atoms with Crippen LogP contribution in [0.15, 0.2) is 71.8 Å². The van der Waals surface area contributed by atoms with E-state index in [1.807, 2.05) is 69.3 Å². The van der Waals surface area contributed by atoms with E-state index in [0.29, 0.717) is 42.7 Å². The van der Waals surface area contributed by atoms with E-state index in [-0.39, 0.29) is 24.6 Å². The van der Waals surface area contributed by atoms with Crippen molar-refractivity contribution in [2.75, 3.05) is 4.90 Å². The number of alkyl halides is 6. The molecule has 2 fully saturated rings. The molecule has 0 radical (unpaired) electrons. The lowest BCUT2D eigenvalue weighted by Crippen LogP contribution is -2.46. The first-order valence-electron chi connectivity index (χ1n) is 17.3. The topological polar surface area (TPSA) is 87.1 Å². The Labute approximate surface area is 297 Å². The van der Waals surface area contributed by atoms with Gasteiger partial charge in [0.05, 0.1) is 34.8 Å². The zero-order valence-electron chi connectivity index (χ0n) is 28.8. The highest BCUT2D eigenvalue weighted by Gasteiger charge is 2.58. The Morgan fingerprint density at radius 2 is 1.54 bits per heavy atom. The second kappa shape index (κ2) is 14.2. The molecule has 1 aliphatic carbocycles. The zero-order valence-corrected chi connectivity index (χ0v) is 28.8. The maximum atomic E-state index is 14.1. The van der Waals surface area contributed by atoms with Crippen LogP contribution in [0.25, 0.3) is 11.6 Å². The van der Waals surface area contributed by atoms with Gasteiger partial charge in [-0.05, 0) is 116 Å². The number of hydrogen-bond acceptors (Lipinski definition) is 5. The van der Waals surface area contributed by atoms with E-state index < -0.39 is 72.0 Å². The Hall–Kier alpha value is -4.36. The molecule has 6 nitrogen and oxygen atoms in total. The number of anilines is 1. The molecule has 274 valence electrons. The van der Waals surface area contributed by atoms with Crippen molar-refractivity contribution in [1.82, 2.24) is 0 Å². The number of hydrogen-bond donors (Lipinski definition) is 2. The number of carbonyl (C=O) groups is 2. The van der Waals surface area contributed by atoms with Crippen LogP contribution in [-0.2, 0) is 26.6 Å². The highest BCUT2D eigenvalue weighted by Crippen LogP contribution is 2.53.